The van der Waals surface area contributed by atoms with Crippen molar-refractivity contribution >= 4 is 0 Å². The van der Waals surface area contributed by atoms with Gasteiger partial charge in [-0.1, -0.05) is 29.8 Å². The predicted molar refractivity (Wildman–Crippen MR) is 125 cm³/mol. The minimum absolute atomic E-state index is 0.338. The van der Waals surface area contributed by atoms with Crippen LogP contribution in [0.3, 0.4) is 0 Å². The Kier molecular flexibility index (Phi) is 7.12. The number of likely N-dealkylation sites (tertiary alicyclic amines) is 1. The van der Waals surface area contributed by atoms with Crippen LogP contribution in [0.1, 0.15) is 29.5 Å². The van der Waals surface area contributed by atoms with E-state index in [1.54, 1.807) is 12.5 Å². The smallest absolute Gasteiger partial charge is 0.122 e. The van der Waals surface area contributed by atoms with Crippen molar-refractivity contribution in [2.24, 2.45) is 0 Å². The molecule has 1 saturated heterocycles. The Labute approximate surface area is 190 Å². The summed E-state index contributed by atoms with van der Waals surface area (Å²) in [4.78, 5) is 6.43. The number of aryl methyl sites for hydroxylation is 2. The van der Waals surface area contributed by atoms with E-state index in [2.05, 4.69) is 35.0 Å². The van der Waals surface area contributed by atoms with Crippen LogP contribution in [-0.2, 0) is 13.1 Å². The van der Waals surface area contributed by atoms with E-state index in [4.69, 9.17) is 9.47 Å². The molecule has 0 amide bonds. The molecule has 4 rings (SSSR count). The van der Waals surface area contributed by atoms with Crippen LogP contribution in [0.25, 0.3) is 0 Å². The first-order valence-electron chi connectivity index (χ1n) is 11.3. The Morgan fingerprint density at radius 3 is 2.66 bits per heavy atom. The third kappa shape index (κ3) is 6.11. The van der Waals surface area contributed by atoms with Gasteiger partial charge < -0.3 is 19.1 Å². The van der Waals surface area contributed by atoms with Gasteiger partial charge in [0.05, 0.1) is 12.9 Å². The van der Waals surface area contributed by atoms with Crippen LogP contribution >= 0.6 is 0 Å². The molecule has 0 unspecified atom stereocenters. The molecule has 3 aromatic rings. The number of piperidine rings is 1. The van der Waals surface area contributed by atoms with Gasteiger partial charge in [0.2, 0.25) is 0 Å². The van der Waals surface area contributed by atoms with Crippen molar-refractivity contribution in [2.75, 3.05) is 26.3 Å². The van der Waals surface area contributed by atoms with E-state index in [0.29, 0.717) is 26.1 Å². The highest BCUT2D eigenvalue weighted by Crippen LogP contribution is 2.27. The molecule has 6 heteroatoms. The number of ether oxygens (including phenoxy) is 2. The van der Waals surface area contributed by atoms with Gasteiger partial charge in [0, 0.05) is 32.0 Å². The minimum atomic E-state index is -0.772. The molecule has 0 saturated carbocycles. The maximum Gasteiger partial charge on any atom is 0.122 e. The second-order valence-corrected chi connectivity index (χ2v) is 8.85. The highest BCUT2D eigenvalue weighted by molar-refractivity contribution is 5.35. The van der Waals surface area contributed by atoms with Crippen LogP contribution < -0.4 is 9.47 Å². The highest BCUT2D eigenvalue weighted by atomic mass is 16.5. The third-order valence-corrected chi connectivity index (χ3v) is 6.10. The van der Waals surface area contributed by atoms with E-state index in [1.165, 1.54) is 11.1 Å². The van der Waals surface area contributed by atoms with Gasteiger partial charge in [-0.3, -0.25) is 4.90 Å². The summed E-state index contributed by atoms with van der Waals surface area (Å²) >= 11 is 0. The average Bonchev–Trinajstić information content (AvgIpc) is 3.29. The van der Waals surface area contributed by atoms with E-state index in [1.807, 2.05) is 42.0 Å². The molecule has 0 spiro atoms. The normalized spacial score (nSPS) is 16.1. The van der Waals surface area contributed by atoms with Crippen LogP contribution in [0.2, 0.25) is 0 Å². The van der Waals surface area contributed by atoms with Gasteiger partial charge in [-0.25, -0.2) is 4.98 Å². The lowest BCUT2D eigenvalue weighted by molar-refractivity contribution is -0.0538. The molecule has 1 N–H and O–H groups in total. The summed E-state index contributed by atoms with van der Waals surface area (Å²) in [6.07, 6.45) is 6.92. The fourth-order valence-electron chi connectivity index (χ4n) is 4.12. The van der Waals surface area contributed by atoms with Gasteiger partial charge in [0.25, 0.3) is 0 Å². The zero-order valence-corrected chi connectivity index (χ0v) is 19.0. The maximum atomic E-state index is 11.0. The second-order valence-electron chi connectivity index (χ2n) is 8.85. The number of benzene rings is 2. The quantitative estimate of drug-likeness (QED) is 0.551. The van der Waals surface area contributed by atoms with Crippen LogP contribution in [0.15, 0.2) is 61.2 Å². The monoisotopic (exact) mass is 435 g/mol. The lowest BCUT2D eigenvalue weighted by Crippen LogP contribution is -2.47. The van der Waals surface area contributed by atoms with Gasteiger partial charge in [-0.15, -0.1) is 0 Å². The van der Waals surface area contributed by atoms with Gasteiger partial charge in [0.1, 0.15) is 30.3 Å². The number of nitrogens with zero attached hydrogens (tertiary/aromatic N) is 3. The number of rotatable bonds is 9. The fourth-order valence-corrected chi connectivity index (χ4v) is 4.12. The zero-order chi connectivity index (χ0) is 22.4. The summed E-state index contributed by atoms with van der Waals surface area (Å²) in [5, 5.41) is 11.0. The summed E-state index contributed by atoms with van der Waals surface area (Å²) < 4.78 is 13.9. The molecule has 1 aromatic heterocycles. The van der Waals surface area contributed by atoms with E-state index < -0.39 is 5.60 Å². The molecule has 1 aliphatic heterocycles. The zero-order valence-electron chi connectivity index (χ0n) is 19.0. The summed E-state index contributed by atoms with van der Waals surface area (Å²) in [5.41, 5.74) is 2.78. The Balaban J connectivity index is 1.23. The molecule has 2 heterocycles. The molecule has 170 valence electrons. The van der Waals surface area contributed by atoms with Crippen molar-refractivity contribution in [1.29, 1.82) is 0 Å². The number of imidazole rings is 1. The second kappa shape index (κ2) is 10.2. The predicted octanol–water partition coefficient (Wildman–Crippen LogP) is 3.98. The highest BCUT2D eigenvalue weighted by Gasteiger charge is 2.33. The van der Waals surface area contributed by atoms with E-state index in [0.717, 1.165) is 43.2 Å². The lowest BCUT2D eigenvalue weighted by Gasteiger charge is -2.38. The van der Waals surface area contributed by atoms with Crippen molar-refractivity contribution in [3.8, 4) is 11.5 Å². The number of hydrogen-bond acceptors (Lipinski definition) is 5. The Bertz CT molecular complexity index is 995. The molecule has 0 bridgehead atoms. The molecule has 0 radical (unpaired) electrons. The first kappa shape index (κ1) is 22.4. The number of hydrogen-bond donors (Lipinski definition) is 1. The Morgan fingerprint density at radius 1 is 1.06 bits per heavy atom. The van der Waals surface area contributed by atoms with Gasteiger partial charge in [-0.05, 0) is 56.0 Å². The van der Waals surface area contributed by atoms with Crippen LogP contribution in [0.5, 0.6) is 11.5 Å². The first-order valence-corrected chi connectivity index (χ1v) is 11.3. The third-order valence-electron chi connectivity index (χ3n) is 6.10. The van der Waals surface area contributed by atoms with Crippen molar-refractivity contribution in [3.63, 3.8) is 0 Å². The Hall–Kier alpha value is -2.83. The SMILES string of the molecule is Cc1ccc(OCC2(O)CCN(Cc3cccc(OCCn4ccnc4)c3)CC2)c(C)c1. The largest absolute Gasteiger partial charge is 0.492 e. The van der Waals surface area contributed by atoms with Gasteiger partial charge >= 0.3 is 0 Å². The summed E-state index contributed by atoms with van der Waals surface area (Å²) in [7, 11) is 0. The molecule has 32 heavy (non-hydrogen) atoms. The summed E-state index contributed by atoms with van der Waals surface area (Å²) in [5.74, 6) is 1.74. The van der Waals surface area contributed by atoms with Crippen molar-refractivity contribution in [1.82, 2.24) is 14.5 Å². The van der Waals surface area contributed by atoms with E-state index >= 15 is 0 Å². The van der Waals surface area contributed by atoms with E-state index in [9.17, 15) is 5.11 Å². The molecule has 1 fully saturated rings. The van der Waals surface area contributed by atoms with Gasteiger partial charge in [-0.2, -0.15) is 0 Å². The van der Waals surface area contributed by atoms with Crippen molar-refractivity contribution in [3.05, 3.63) is 77.9 Å². The van der Waals surface area contributed by atoms with E-state index in [-0.39, 0.29) is 0 Å². The first-order chi connectivity index (χ1) is 15.5. The van der Waals surface area contributed by atoms with Crippen LogP contribution in [0.4, 0.5) is 0 Å². The molecular weight excluding hydrogens is 402 g/mol. The lowest BCUT2D eigenvalue weighted by atomic mass is 9.92. The molecule has 1 aliphatic rings. The summed E-state index contributed by atoms with van der Waals surface area (Å²) in [6, 6.07) is 14.4. The topological polar surface area (TPSA) is 59.8 Å². The van der Waals surface area contributed by atoms with Crippen molar-refractivity contribution in [2.45, 2.75) is 45.4 Å². The number of aromatic nitrogens is 2. The molecule has 0 atom stereocenters. The van der Waals surface area contributed by atoms with Crippen LogP contribution in [0, 0.1) is 13.8 Å². The maximum absolute atomic E-state index is 11.0. The minimum Gasteiger partial charge on any atom is -0.492 e. The molecule has 0 aliphatic carbocycles. The molecule has 6 nitrogen and oxygen atoms in total. The standard InChI is InChI=1S/C26H33N3O3/c1-21-6-7-25(22(2)16-21)32-19-26(30)8-11-28(12-9-26)18-23-4-3-5-24(17-23)31-15-14-29-13-10-27-20-29/h3-7,10,13,16-17,20,30H,8-9,11-12,14-15,18-19H2,1-2H3. The summed E-state index contributed by atoms with van der Waals surface area (Å²) in [6.45, 7) is 8.39. The molecular formula is C26H33N3O3. The number of aliphatic hydroxyl groups is 1. The molecule has 2 aromatic carbocycles. The van der Waals surface area contributed by atoms with Crippen LogP contribution in [-0.4, -0.2) is 51.5 Å². The Morgan fingerprint density at radius 2 is 1.91 bits per heavy atom. The van der Waals surface area contributed by atoms with Gasteiger partial charge in [0.15, 0.2) is 0 Å². The average molecular weight is 436 g/mol. The van der Waals surface area contributed by atoms with Crippen molar-refractivity contribution < 1.29 is 14.6 Å². The fraction of sp³-hybridized carbons (Fsp3) is 0.423.